The Balaban J connectivity index is 1.48. The summed E-state index contributed by atoms with van der Waals surface area (Å²) in [5.74, 6) is -0.354. The van der Waals surface area contributed by atoms with Gasteiger partial charge in [0.2, 0.25) is 5.91 Å². The maximum atomic E-state index is 13.4. The minimum Gasteiger partial charge on any atom is -0.394 e. The van der Waals surface area contributed by atoms with Gasteiger partial charge in [0.15, 0.2) is 18.9 Å². The summed E-state index contributed by atoms with van der Waals surface area (Å²) in [5, 5.41) is 120. The van der Waals surface area contributed by atoms with Gasteiger partial charge in [0.1, 0.15) is 73.2 Å². The number of rotatable bonds is 52. The fourth-order valence-corrected chi connectivity index (χ4v) is 10.9. The topological polar surface area (TPSA) is 307 Å². The highest BCUT2D eigenvalue weighted by atomic mass is 16.8. The molecule has 0 aromatic heterocycles. The first-order chi connectivity index (χ1) is 46.3. The molecule has 0 saturated carbocycles. The monoisotopic (exact) mass is 1340 g/mol. The third kappa shape index (κ3) is 36.9. The predicted molar refractivity (Wildman–Crippen MR) is 373 cm³/mol. The van der Waals surface area contributed by atoms with Crippen LogP contribution in [0.4, 0.5) is 0 Å². The van der Waals surface area contributed by atoms with E-state index < -0.39 is 131 Å². The summed E-state index contributed by atoms with van der Waals surface area (Å²) in [7, 11) is 0. The quantitative estimate of drug-likeness (QED) is 0.0199. The lowest BCUT2D eigenvalue weighted by molar-refractivity contribution is -0.379. The van der Waals surface area contributed by atoms with Crippen molar-refractivity contribution in [2.75, 3.05) is 26.4 Å². The molecule has 3 rings (SSSR count). The lowest BCUT2D eigenvalue weighted by atomic mass is 9.96. The Kier molecular flexibility index (Phi) is 49.6. The van der Waals surface area contributed by atoms with Crippen LogP contribution in [0.1, 0.15) is 194 Å². The number of nitrogens with one attached hydrogen (secondary N) is 1. The van der Waals surface area contributed by atoms with Crippen molar-refractivity contribution in [2.45, 2.75) is 298 Å². The molecule has 17 unspecified atom stereocenters. The second-order valence-electron chi connectivity index (χ2n) is 24.6. The largest absolute Gasteiger partial charge is 0.394 e. The van der Waals surface area contributed by atoms with Gasteiger partial charge >= 0.3 is 0 Å². The lowest BCUT2D eigenvalue weighted by Crippen LogP contribution is -2.66. The molecule has 3 fully saturated rings. The smallest absolute Gasteiger partial charge is 0.220 e. The molecule has 0 radical (unpaired) electrons. The number of allylic oxidation sites excluding steroid dienone is 23. The molecule has 0 spiro atoms. The first-order valence-corrected chi connectivity index (χ1v) is 35.6. The second-order valence-corrected chi connectivity index (χ2v) is 24.6. The first-order valence-electron chi connectivity index (χ1n) is 35.6. The zero-order chi connectivity index (χ0) is 68.9. The van der Waals surface area contributed by atoms with E-state index in [4.69, 9.17) is 28.4 Å². The highest BCUT2D eigenvalue weighted by Gasteiger charge is 2.53. The Bertz CT molecular complexity index is 2290. The average molecular weight is 1340 g/mol. The van der Waals surface area contributed by atoms with Gasteiger partial charge in [-0.2, -0.15) is 0 Å². The molecular formula is C76H123NO18. The molecule has 95 heavy (non-hydrogen) atoms. The van der Waals surface area contributed by atoms with E-state index in [-0.39, 0.29) is 12.3 Å². The van der Waals surface area contributed by atoms with E-state index in [2.05, 4.69) is 141 Å². The van der Waals surface area contributed by atoms with Crippen molar-refractivity contribution >= 4 is 5.91 Å². The summed E-state index contributed by atoms with van der Waals surface area (Å²) in [6.07, 6.45) is 52.5. The van der Waals surface area contributed by atoms with Crippen LogP contribution in [-0.2, 0) is 33.2 Å². The van der Waals surface area contributed by atoms with Gasteiger partial charge in [-0.25, -0.2) is 0 Å². The van der Waals surface area contributed by atoms with Crippen molar-refractivity contribution in [1.29, 1.82) is 0 Å². The minimum atomic E-state index is -2.00. The van der Waals surface area contributed by atoms with Gasteiger partial charge in [-0.1, -0.05) is 224 Å². The lowest BCUT2D eigenvalue weighted by Gasteiger charge is -2.48. The van der Waals surface area contributed by atoms with Gasteiger partial charge in [-0.15, -0.1) is 0 Å². The van der Waals surface area contributed by atoms with Gasteiger partial charge in [-0.05, 0) is 109 Å². The summed E-state index contributed by atoms with van der Waals surface area (Å²) in [4.78, 5) is 13.4. The molecule has 3 aliphatic rings. The van der Waals surface area contributed by atoms with Gasteiger partial charge in [0, 0.05) is 6.42 Å². The fourth-order valence-electron chi connectivity index (χ4n) is 10.9. The number of amides is 1. The molecular weight excluding hydrogens is 1210 g/mol. The van der Waals surface area contributed by atoms with Crippen LogP contribution in [0.3, 0.4) is 0 Å². The number of carbonyl (C=O) groups is 1. The van der Waals surface area contributed by atoms with Crippen LogP contribution in [0.25, 0.3) is 0 Å². The van der Waals surface area contributed by atoms with Crippen LogP contribution in [0.15, 0.2) is 146 Å². The summed E-state index contributed by atoms with van der Waals surface area (Å²) >= 11 is 0. The van der Waals surface area contributed by atoms with Crippen LogP contribution in [0.5, 0.6) is 0 Å². The number of unbranched alkanes of at least 4 members (excludes halogenated alkanes) is 14. The van der Waals surface area contributed by atoms with Gasteiger partial charge in [0.05, 0.1) is 38.6 Å². The minimum absolute atomic E-state index is 0.141. The normalized spacial score (nSPS) is 28.1. The Morgan fingerprint density at radius 2 is 0.737 bits per heavy atom. The molecule has 1 amide bonds. The van der Waals surface area contributed by atoms with Crippen molar-refractivity contribution in [1.82, 2.24) is 5.32 Å². The molecule has 3 heterocycles. The fraction of sp³-hybridized carbons (Fsp3) is 0.671. The Hall–Kier alpha value is -4.33. The van der Waals surface area contributed by atoms with Crippen molar-refractivity contribution < 1.29 is 89.4 Å². The zero-order valence-corrected chi connectivity index (χ0v) is 57.1. The number of aliphatic hydroxyl groups excluding tert-OH is 11. The highest BCUT2D eigenvalue weighted by Crippen LogP contribution is 2.33. The number of hydrogen-bond donors (Lipinski definition) is 12. The van der Waals surface area contributed by atoms with E-state index in [1.807, 2.05) is 18.2 Å². The molecule has 17 atom stereocenters. The molecule has 540 valence electrons. The van der Waals surface area contributed by atoms with E-state index in [0.717, 1.165) is 83.5 Å². The number of ether oxygens (including phenoxy) is 6. The molecule has 0 aromatic rings. The molecule has 3 saturated heterocycles. The van der Waals surface area contributed by atoms with E-state index in [0.29, 0.717) is 19.3 Å². The Morgan fingerprint density at radius 1 is 0.389 bits per heavy atom. The van der Waals surface area contributed by atoms with Crippen LogP contribution < -0.4 is 5.32 Å². The third-order valence-electron chi connectivity index (χ3n) is 16.6. The molecule has 12 N–H and O–H groups in total. The highest BCUT2D eigenvalue weighted by molar-refractivity contribution is 5.76. The predicted octanol–water partition coefficient (Wildman–Crippen LogP) is 9.93. The van der Waals surface area contributed by atoms with E-state index in [9.17, 15) is 61.0 Å². The molecule has 0 aromatic carbocycles. The SMILES string of the molecule is CC/C=C\C/C=C\C/C=C\C/C=C\C/C=C\C/C=C\C/C=C\C/C=C\C/C=C\CCCC(=O)NC(COC1OC(CO)C(OC2OC(CO)C(OC3OC(CO)C(O)C(O)C3O)C(O)C2O)C(O)C1O)C(O)/C=C/CC/C=C/CC/C=C/CCCCCCCCCCCCC. The Morgan fingerprint density at radius 3 is 1.18 bits per heavy atom. The van der Waals surface area contributed by atoms with Crippen molar-refractivity contribution in [3.63, 3.8) is 0 Å². The summed E-state index contributed by atoms with van der Waals surface area (Å²) in [5.41, 5.74) is 0. The van der Waals surface area contributed by atoms with Gasteiger partial charge in [0.25, 0.3) is 0 Å². The van der Waals surface area contributed by atoms with Gasteiger partial charge < -0.3 is 89.9 Å². The van der Waals surface area contributed by atoms with E-state index in [1.165, 1.54) is 70.6 Å². The number of aliphatic hydroxyl groups is 11. The summed E-state index contributed by atoms with van der Waals surface area (Å²) in [6.45, 7) is 1.53. The zero-order valence-electron chi connectivity index (χ0n) is 57.1. The second kappa shape index (κ2) is 55.5. The molecule has 0 aliphatic carbocycles. The standard InChI is InChI=1S/C76H123NO18/c1-3-5-7-9-11-13-15-17-19-21-23-25-26-27-28-29-30-31-32-34-36-38-40-42-44-46-48-50-52-54-64(82)77-59(60(81)53-51-49-47-45-43-41-39-37-35-33-24-22-20-18-16-14-12-10-8-6-4-2)58-90-74-70(88)67(85)72(62(56-79)92-74)95-76-71(89)68(86)73(63(57-80)93-76)94-75-69(87)66(84)65(83)61(55-78)91-75/h5,7,11,13,17,19,23,25,27-28,30-31,34-37,40,42-43,45-46,48,51,53,59-63,65-76,78-81,83-89H,3-4,6,8-10,12,14-16,18,20-22,24,26,29,32-33,38-39,41,44,47,49-50,52,54-58H2,1-2H3,(H,77,82)/b7-5-,13-11-,19-17-,25-23-,28-27-,31-30-,36-34-,37-35+,42-40-,45-43+,48-46-,53-51+. The van der Waals surface area contributed by atoms with Crippen LogP contribution in [-0.4, -0.2) is 193 Å². The first kappa shape index (κ1) is 84.9. The molecule has 19 nitrogen and oxygen atoms in total. The van der Waals surface area contributed by atoms with E-state index >= 15 is 0 Å². The maximum absolute atomic E-state index is 13.4. The van der Waals surface area contributed by atoms with Crippen LogP contribution in [0, 0.1) is 0 Å². The summed E-state index contributed by atoms with van der Waals surface area (Å²) < 4.78 is 34.3. The summed E-state index contributed by atoms with van der Waals surface area (Å²) in [6, 6.07) is -1.04. The molecule has 3 aliphatic heterocycles. The molecule has 0 bridgehead atoms. The number of carbonyl (C=O) groups excluding carboxylic acids is 1. The average Bonchev–Trinajstić information content (AvgIpc) is 0.786. The van der Waals surface area contributed by atoms with Crippen LogP contribution in [0.2, 0.25) is 0 Å². The third-order valence-corrected chi connectivity index (χ3v) is 16.6. The Labute approximate surface area is 568 Å². The maximum Gasteiger partial charge on any atom is 0.220 e. The number of hydrogen-bond acceptors (Lipinski definition) is 18. The van der Waals surface area contributed by atoms with Crippen molar-refractivity contribution in [3.8, 4) is 0 Å². The van der Waals surface area contributed by atoms with Crippen LogP contribution >= 0.6 is 0 Å². The van der Waals surface area contributed by atoms with Crippen molar-refractivity contribution in [3.05, 3.63) is 146 Å². The van der Waals surface area contributed by atoms with Gasteiger partial charge in [-0.3, -0.25) is 4.79 Å². The van der Waals surface area contributed by atoms with E-state index in [1.54, 1.807) is 6.08 Å². The van der Waals surface area contributed by atoms with Crippen molar-refractivity contribution in [2.24, 2.45) is 0 Å². The molecule has 19 heteroatoms.